The highest BCUT2D eigenvalue weighted by atomic mass is 35.5. The van der Waals surface area contributed by atoms with Gasteiger partial charge < -0.3 is 14.4 Å². The van der Waals surface area contributed by atoms with E-state index >= 15 is 0 Å². The van der Waals surface area contributed by atoms with Gasteiger partial charge in [0.15, 0.2) is 0 Å². The lowest BCUT2D eigenvalue weighted by Gasteiger charge is -2.10. The van der Waals surface area contributed by atoms with Gasteiger partial charge in [0.25, 0.3) is 0 Å². The number of rotatable bonds is 5. The maximum atomic E-state index is 9.01. The second-order valence-electron chi connectivity index (χ2n) is 4.99. The second-order valence-corrected chi connectivity index (χ2v) is 5.39. The number of ether oxygens (including phenoxy) is 1. The van der Waals surface area contributed by atoms with Crippen molar-refractivity contribution in [2.24, 2.45) is 0 Å². The summed E-state index contributed by atoms with van der Waals surface area (Å²) in [5.74, 6) is 0.695. The normalized spacial score (nSPS) is 11.5. The van der Waals surface area contributed by atoms with Crippen LogP contribution >= 0.6 is 11.6 Å². The Morgan fingerprint density at radius 1 is 1.37 bits per heavy atom. The number of aryl methyl sites for hydroxylation is 1. The van der Waals surface area contributed by atoms with Crippen LogP contribution in [0.4, 0.5) is 0 Å². The molecule has 0 aliphatic rings. The van der Waals surface area contributed by atoms with Crippen molar-refractivity contribution >= 4 is 22.5 Å². The Balaban J connectivity index is 2.61. The second kappa shape index (κ2) is 5.85. The van der Waals surface area contributed by atoms with Crippen LogP contribution in [0, 0.1) is 0 Å². The van der Waals surface area contributed by atoms with Crippen molar-refractivity contribution in [3.63, 3.8) is 0 Å². The van der Waals surface area contributed by atoms with E-state index in [1.807, 2.05) is 12.1 Å². The van der Waals surface area contributed by atoms with Crippen molar-refractivity contribution in [2.75, 3.05) is 13.7 Å². The Labute approximate surface area is 118 Å². The fourth-order valence-electron chi connectivity index (χ4n) is 2.37. The molecule has 0 amide bonds. The number of aliphatic hydroxyl groups excluding tert-OH is 1. The van der Waals surface area contributed by atoms with E-state index in [-0.39, 0.29) is 6.61 Å². The predicted molar refractivity (Wildman–Crippen MR) is 79.3 cm³/mol. The zero-order valence-electron chi connectivity index (χ0n) is 11.6. The lowest BCUT2D eigenvalue weighted by molar-refractivity contribution is 0.288. The first-order valence-corrected chi connectivity index (χ1v) is 6.94. The third kappa shape index (κ3) is 2.72. The summed E-state index contributed by atoms with van der Waals surface area (Å²) >= 11 is 6.22. The molecular formula is C15H20ClNO2. The molecule has 4 heteroatoms. The Hall–Kier alpha value is -1.19. The first-order valence-electron chi connectivity index (χ1n) is 6.56. The molecule has 1 aromatic heterocycles. The fraction of sp³-hybridized carbons (Fsp3) is 0.467. The fourth-order valence-corrected chi connectivity index (χ4v) is 2.61. The Kier molecular flexibility index (Phi) is 4.38. The summed E-state index contributed by atoms with van der Waals surface area (Å²) in [5, 5.41) is 10.8. The van der Waals surface area contributed by atoms with E-state index in [2.05, 4.69) is 24.6 Å². The summed E-state index contributed by atoms with van der Waals surface area (Å²) in [6.45, 7) is 4.50. The highest BCUT2D eigenvalue weighted by Gasteiger charge is 2.13. The molecule has 0 aliphatic heterocycles. The molecule has 1 aromatic carbocycles. The molecule has 0 fully saturated rings. The van der Waals surface area contributed by atoms with Gasteiger partial charge in [0.05, 0.1) is 17.6 Å². The minimum atomic E-state index is 0.207. The molecule has 2 aromatic rings. The van der Waals surface area contributed by atoms with E-state index in [1.165, 1.54) is 5.56 Å². The molecule has 0 unspecified atom stereocenters. The van der Waals surface area contributed by atoms with Crippen LogP contribution in [0.3, 0.4) is 0 Å². The van der Waals surface area contributed by atoms with Gasteiger partial charge >= 0.3 is 0 Å². The maximum absolute atomic E-state index is 9.01. The largest absolute Gasteiger partial charge is 0.495 e. The summed E-state index contributed by atoms with van der Waals surface area (Å²) in [5.41, 5.74) is 2.35. The van der Waals surface area contributed by atoms with E-state index < -0.39 is 0 Å². The highest BCUT2D eigenvalue weighted by molar-refractivity contribution is 6.32. The first-order chi connectivity index (χ1) is 9.08. The van der Waals surface area contributed by atoms with Crippen LogP contribution in [0.15, 0.2) is 18.3 Å². The van der Waals surface area contributed by atoms with Gasteiger partial charge in [0, 0.05) is 24.2 Å². The highest BCUT2D eigenvalue weighted by Crippen LogP contribution is 2.34. The van der Waals surface area contributed by atoms with Gasteiger partial charge in [-0.15, -0.1) is 0 Å². The lowest BCUT2D eigenvalue weighted by Crippen LogP contribution is -1.98. The molecular weight excluding hydrogens is 262 g/mol. The number of aromatic nitrogens is 1. The monoisotopic (exact) mass is 281 g/mol. The summed E-state index contributed by atoms with van der Waals surface area (Å²) < 4.78 is 7.51. The molecule has 0 aliphatic carbocycles. The van der Waals surface area contributed by atoms with Crippen molar-refractivity contribution in [1.82, 2.24) is 4.57 Å². The Morgan fingerprint density at radius 2 is 2.11 bits per heavy atom. The molecule has 104 valence electrons. The van der Waals surface area contributed by atoms with Crippen LogP contribution in [0.25, 0.3) is 10.9 Å². The van der Waals surface area contributed by atoms with Crippen LogP contribution in [0.2, 0.25) is 5.02 Å². The number of fused-ring (bicyclic) bond motifs is 1. The van der Waals surface area contributed by atoms with Crippen LogP contribution in [-0.4, -0.2) is 23.4 Å². The number of halogens is 1. The van der Waals surface area contributed by atoms with Gasteiger partial charge in [0.2, 0.25) is 0 Å². The minimum Gasteiger partial charge on any atom is -0.495 e. The molecule has 1 heterocycles. The number of methoxy groups -OCH3 is 1. The molecule has 3 nitrogen and oxygen atoms in total. The third-order valence-corrected chi connectivity index (χ3v) is 3.65. The van der Waals surface area contributed by atoms with Gasteiger partial charge in [0.1, 0.15) is 5.75 Å². The standard InChI is InChI=1S/C15H20ClNO2/c1-10(2)17-9-11(5-4-6-18)12-7-15(19-3)13(16)8-14(12)17/h7-10,18H,4-6H2,1-3H3. The van der Waals surface area contributed by atoms with Crippen molar-refractivity contribution in [3.05, 3.63) is 28.9 Å². The van der Waals surface area contributed by atoms with Gasteiger partial charge in [-0.3, -0.25) is 0 Å². The molecule has 0 bridgehead atoms. The van der Waals surface area contributed by atoms with E-state index in [1.54, 1.807) is 7.11 Å². The van der Waals surface area contributed by atoms with Crippen molar-refractivity contribution < 1.29 is 9.84 Å². The number of hydrogen-bond acceptors (Lipinski definition) is 2. The molecule has 2 rings (SSSR count). The van der Waals surface area contributed by atoms with Gasteiger partial charge in [-0.05, 0) is 44.4 Å². The van der Waals surface area contributed by atoms with Crippen LogP contribution in [-0.2, 0) is 6.42 Å². The molecule has 0 radical (unpaired) electrons. The van der Waals surface area contributed by atoms with Crippen molar-refractivity contribution in [2.45, 2.75) is 32.7 Å². The molecule has 1 N–H and O–H groups in total. The zero-order valence-corrected chi connectivity index (χ0v) is 12.4. The van der Waals surface area contributed by atoms with E-state index in [0.29, 0.717) is 16.8 Å². The predicted octanol–water partition coefficient (Wildman–Crippen LogP) is 3.81. The maximum Gasteiger partial charge on any atom is 0.138 e. The van der Waals surface area contributed by atoms with Crippen LogP contribution in [0.1, 0.15) is 31.9 Å². The Bertz CT molecular complexity index is 575. The summed E-state index contributed by atoms with van der Waals surface area (Å²) in [6, 6.07) is 4.32. The average molecular weight is 282 g/mol. The van der Waals surface area contributed by atoms with Crippen molar-refractivity contribution in [3.8, 4) is 5.75 Å². The van der Waals surface area contributed by atoms with E-state index in [9.17, 15) is 0 Å². The van der Waals surface area contributed by atoms with Gasteiger partial charge in [-0.25, -0.2) is 0 Å². The third-order valence-electron chi connectivity index (χ3n) is 3.35. The summed E-state index contributed by atoms with van der Waals surface area (Å²) in [4.78, 5) is 0. The quantitative estimate of drug-likeness (QED) is 0.904. The molecule has 0 atom stereocenters. The lowest BCUT2D eigenvalue weighted by atomic mass is 10.1. The molecule has 0 saturated carbocycles. The number of hydrogen-bond donors (Lipinski definition) is 1. The zero-order chi connectivity index (χ0) is 14.0. The molecule has 0 spiro atoms. The molecule has 19 heavy (non-hydrogen) atoms. The van der Waals surface area contributed by atoms with Crippen LogP contribution < -0.4 is 4.74 Å². The first kappa shape index (κ1) is 14.2. The number of benzene rings is 1. The summed E-state index contributed by atoms with van der Waals surface area (Å²) in [7, 11) is 1.62. The molecule has 0 saturated heterocycles. The topological polar surface area (TPSA) is 34.4 Å². The van der Waals surface area contributed by atoms with Crippen LogP contribution in [0.5, 0.6) is 5.75 Å². The van der Waals surface area contributed by atoms with Gasteiger partial charge in [-0.2, -0.15) is 0 Å². The average Bonchev–Trinajstić information content (AvgIpc) is 2.73. The SMILES string of the molecule is COc1cc2c(CCCO)cn(C(C)C)c2cc1Cl. The summed E-state index contributed by atoms with van der Waals surface area (Å²) in [6.07, 6.45) is 3.78. The minimum absolute atomic E-state index is 0.207. The smallest absolute Gasteiger partial charge is 0.138 e. The van der Waals surface area contributed by atoms with E-state index in [4.69, 9.17) is 21.4 Å². The van der Waals surface area contributed by atoms with E-state index in [0.717, 1.165) is 23.7 Å². The number of nitrogens with zero attached hydrogens (tertiary/aromatic N) is 1. The van der Waals surface area contributed by atoms with Crippen molar-refractivity contribution in [1.29, 1.82) is 0 Å². The Morgan fingerprint density at radius 3 is 2.68 bits per heavy atom. The number of aliphatic hydroxyl groups is 1. The van der Waals surface area contributed by atoms with Gasteiger partial charge in [-0.1, -0.05) is 11.6 Å².